The van der Waals surface area contributed by atoms with Gasteiger partial charge in [0.25, 0.3) is 5.91 Å². The molecule has 0 spiro atoms. The Kier molecular flexibility index (Phi) is 9.75. The van der Waals surface area contributed by atoms with Gasteiger partial charge in [-0.2, -0.15) is 0 Å². The van der Waals surface area contributed by atoms with Gasteiger partial charge in [-0.05, 0) is 59.3 Å². The number of likely N-dealkylation sites (tertiary alicyclic amines) is 1. The number of benzene rings is 3. The van der Waals surface area contributed by atoms with Crippen LogP contribution in [0.5, 0.6) is 0 Å². The lowest BCUT2D eigenvalue weighted by atomic mass is 9.97. The van der Waals surface area contributed by atoms with E-state index in [9.17, 15) is 15.0 Å². The highest BCUT2D eigenvalue weighted by molar-refractivity contribution is 5.93. The van der Waals surface area contributed by atoms with Crippen LogP contribution in [0.1, 0.15) is 64.3 Å². The smallest absolute Gasteiger partial charge is 0.253 e. The van der Waals surface area contributed by atoms with Crippen molar-refractivity contribution in [1.82, 2.24) is 15.2 Å². The first-order chi connectivity index (χ1) is 21.6. The fourth-order valence-electron chi connectivity index (χ4n) is 6.19. The molecule has 2 fully saturated rings. The summed E-state index contributed by atoms with van der Waals surface area (Å²) in [6, 6.07) is 27.9. The maximum atomic E-state index is 12.6. The van der Waals surface area contributed by atoms with Crippen LogP contribution in [0, 0.1) is 0 Å². The molecule has 3 aromatic carbocycles. The maximum Gasteiger partial charge on any atom is 0.253 e. The molecule has 3 heterocycles. The molecule has 2 aliphatic heterocycles. The summed E-state index contributed by atoms with van der Waals surface area (Å²) in [6.45, 7) is 2.26. The van der Waals surface area contributed by atoms with Crippen LogP contribution in [0.4, 0.5) is 0 Å². The van der Waals surface area contributed by atoms with Crippen LogP contribution in [-0.4, -0.2) is 57.8 Å². The van der Waals surface area contributed by atoms with E-state index in [4.69, 9.17) is 9.47 Å². The molecule has 8 nitrogen and oxygen atoms in total. The first kappa shape index (κ1) is 30.1. The molecule has 0 saturated carbocycles. The van der Waals surface area contributed by atoms with Crippen LogP contribution in [0.15, 0.2) is 97.3 Å². The average Bonchev–Trinajstić information content (AvgIpc) is 3.54. The summed E-state index contributed by atoms with van der Waals surface area (Å²) in [5.41, 5.74) is 6.46. The number of carbonyl (C=O) groups excluding carboxylic acids is 1. The SMILES string of the molecule is O=C(NCc1ccccc1-c1ccc([C@H]2O[C@@H](CN3CCC[C@H]3CO)C[C@@H](c3ccc(CO)cc3)O2)cc1)c1cccnc1. The Balaban J connectivity index is 1.19. The van der Waals surface area contributed by atoms with Gasteiger partial charge in [0.15, 0.2) is 6.29 Å². The van der Waals surface area contributed by atoms with Gasteiger partial charge in [0.1, 0.15) is 0 Å². The molecule has 0 radical (unpaired) electrons. The molecule has 1 amide bonds. The van der Waals surface area contributed by atoms with Crippen LogP contribution in [0.25, 0.3) is 11.1 Å². The Hall–Kier alpha value is -3.92. The van der Waals surface area contributed by atoms with Gasteiger partial charge < -0.3 is 25.0 Å². The number of hydrogen-bond donors (Lipinski definition) is 3. The zero-order chi connectivity index (χ0) is 30.3. The lowest BCUT2D eigenvalue weighted by molar-refractivity contribution is -0.253. The van der Waals surface area contributed by atoms with E-state index < -0.39 is 6.29 Å². The second-order valence-electron chi connectivity index (χ2n) is 11.5. The topological polar surface area (TPSA) is 104 Å². The number of nitrogens with zero attached hydrogens (tertiary/aromatic N) is 2. The van der Waals surface area contributed by atoms with Gasteiger partial charge in [-0.15, -0.1) is 0 Å². The summed E-state index contributed by atoms with van der Waals surface area (Å²) < 4.78 is 13.1. The van der Waals surface area contributed by atoms with Crippen LogP contribution in [0.2, 0.25) is 0 Å². The molecule has 4 aromatic rings. The number of aromatic nitrogens is 1. The zero-order valence-corrected chi connectivity index (χ0v) is 24.7. The Morgan fingerprint density at radius 1 is 0.932 bits per heavy atom. The first-order valence-corrected chi connectivity index (χ1v) is 15.3. The van der Waals surface area contributed by atoms with Gasteiger partial charge in [-0.25, -0.2) is 0 Å². The van der Waals surface area contributed by atoms with Crippen molar-refractivity contribution >= 4 is 5.91 Å². The first-order valence-electron chi connectivity index (χ1n) is 15.3. The van der Waals surface area contributed by atoms with E-state index in [-0.39, 0.29) is 37.4 Å². The van der Waals surface area contributed by atoms with Crippen LogP contribution < -0.4 is 5.32 Å². The summed E-state index contributed by atoms with van der Waals surface area (Å²) in [7, 11) is 0. The van der Waals surface area contributed by atoms with Gasteiger partial charge in [0, 0.05) is 43.5 Å². The minimum absolute atomic E-state index is 0.00399. The van der Waals surface area contributed by atoms with Gasteiger partial charge in [-0.1, -0.05) is 72.8 Å². The third-order valence-electron chi connectivity index (χ3n) is 8.64. The predicted molar refractivity (Wildman–Crippen MR) is 167 cm³/mol. The number of carbonyl (C=O) groups is 1. The average molecular weight is 594 g/mol. The minimum Gasteiger partial charge on any atom is -0.395 e. The third-order valence-corrected chi connectivity index (χ3v) is 8.64. The van der Waals surface area contributed by atoms with Crippen molar-refractivity contribution in [2.75, 3.05) is 19.7 Å². The standard InChI is InChI=1S/C36H39N3O5/c40-23-25-9-11-27(12-10-25)34-19-32(22-39-18-4-7-31(39)24-41)43-36(44-34)28-15-13-26(14-16-28)33-8-2-1-5-29(33)21-38-35(42)30-6-3-17-37-20-30/h1-3,5-6,8-17,20,31-32,34,36,40-41H,4,7,18-19,21-24H2,(H,38,42)/t31-,32+,34-,36-/m0/s1. The monoisotopic (exact) mass is 593 g/mol. The minimum atomic E-state index is -0.547. The molecule has 0 unspecified atom stereocenters. The van der Waals surface area contributed by atoms with Crippen LogP contribution in [-0.2, 0) is 22.6 Å². The van der Waals surface area contributed by atoms with E-state index in [0.717, 1.165) is 59.3 Å². The molecule has 2 saturated heterocycles. The van der Waals surface area contributed by atoms with Crippen molar-refractivity contribution < 1.29 is 24.5 Å². The van der Waals surface area contributed by atoms with Crippen molar-refractivity contribution in [1.29, 1.82) is 0 Å². The summed E-state index contributed by atoms with van der Waals surface area (Å²) in [5, 5.41) is 22.4. The summed E-state index contributed by atoms with van der Waals surface area (Å²) in [4.78, 5) is 19.0. The van der Waals surface area contributed by atoms with Crippen molar-refractivity contribution in [3.8, 4) is 11.1 Å². The number of rotatable bonds is 10. The quantitative estimate of drug-likeness (QED) is 0.233. The van der Waals surface area contributed by atoms with Crippen LogP contribution in [0.3, 0.4) is 0 Å². The Bertz CT molecular complexity index is 1510. The van der Waals surface area contributed by atoms with E-state index in [1.807, 2.05) is 54.6 Å². The summed E-state index contributed by atoms with van der Waals surface area (Å²) in [6.07, 6.45) is 5.23. The number of hydrogen-bond acceptors (Lipinski definition) is 7. The van der Waals surface area contributed by atoms with E-state index in [1.54, 1.807) is 24.5 Å². The number of ether oxygens (including phenoxy) is 2. The number of nitrogens with one attached hydrogen (secondary N) is 1. The number of aliphatic hydroxyl groups excluding tert-OH is 2. The van der Waals surface area contributed by atoms with Gasteiger partial charge in [0.05, 0.1) is 31.0 Å². The molecule has 6 rings (SSSR count). The third kappa shape index (κ3) is 7.07. The normalized spacial score (nSPS) is 22.1. The lowest BCUT2D eigenvalue weighted by Gasteiger charge is -2.38. The second-order valence-corrected chi connectivity index (χ2v) is 11.5. The molecule has 1 aromatic heterocycles. The molecule has 0 bridgehead atoms. The molecule has 2 aliphatic rings. The van der Waals surface area contributed by atoms with Crippen molar-refractivity contribution in [3.05, 3.63) is 125 Å². The fourth-order valence-corrected chi connectivity index (χ4v) is 6.19. The molecule has 44 heavy (non-hydrogen) atoms. The predicted octanol–water partition coefficient (Wildman–Crippen LogP) is 5.17. The van der Waals surface area contributed by atoms with Crippen molar-refractivity contribution in [3.63, 3.8) is 0 Å². The maximum absolute atomic E-state index is 12.6. The van der Waals surface area contributed by atoms with Gasteiger partial charge >= 0.3 is 0 Å². The van der Waals surface area contributed by atoms with Gasteiger partial charge in [0.2, 0.25) is 0 Å². The van der Waals surface area contributed by atoms with Crippen molar-refractivity contribution in [2.45, 2.75) is 57.0 Å². The Labute approximate surface area is 258 Å². The highest BCUT2D eigenvalue weighted by atomic mass is 16.7. The van der Waals surface area contributed by atoms with E-state index in [1.165, 1.54) is 0 Å². The largest absolute Gasteiger partial charge is 0.395 e. The van der Waals surface area contributed by atoms with Gasteiger partial charge in [-0.3, -0.25) is 14.7 Å². The number of pyridine rings is 1. The highest BCUT2D eigenvalue weighted by Crippen LogP contribution is 2.39. The molecular weight excluding hydrogens is 554 g/mol. The fraction of sp³-hybridized carbons (Fsp3) is 0.333. The molecule has 3 N–H and O–H groups in total. The Morgan fingerprint density at radius 3 is 2.48 bits per heavy atom. The highest BCUT2D eigenvalue weighted by Gasteiger charge is 2.35. The van der Waals surface area contributed by atoms with E-state index in [2.05, 4.69) is 33.4 Å². The Morgan fingerprint density at radius 2 is 1.73 bits per heavy atom. The number of amides is 1. The molecule has 8 heteroatoms. The molecule has 0 aliphatic carbocycles. The lowest BCUT2D eigenvalue weighted by Crippen LogP contribution is -2.42. The van der Waals surface area contributed by atoms with Crippen LogP contribution >= 0.6 is 0 Å². The summed E-state index contributed by atoms with van der Waals surface area (Å²) in [5.74, 6) is -0.163. The summed E-state index contributed by atoms with van der Waals surface area (Å²) >= 11 is 0. The van der Waals surface area contributed by atoms with E-state index in [0.29, 0.717) is 18.5 Å². The molecule has 4 atom stereocenters. The van der Waals surface area contributed by atoms with Crippen molar-refractivity contribution in [2.24, 2.45) is 0 Å². The molecule has 228 valence electrons. The molecular formula is C36H39N3O5. The second kappa shape index (κ2) is 14.2. The zero-order valence-electron chi connectivity index (χ0n) is 24.7. The van der Waals surface area contributed by atoms with E-state index >= 15 is 0 Å². The number of aliphatic hydroxyl groups is 2.